The van der Waals surface area contributed by atoms with E-state index in [0.29, 0.717) is 24.2 Å². The molecule has 0 spiro atoms. The molecule has 14 atom stereocenters. The predicted octanol–water partition coefficient (Wildman–Crippen LogP) is 2.81. The second kappa shape index (κ2) is 37.1. The molecular weight excluding hydrogens is 1660 g/mol. The van der Waals surface area contributed by atoms with Gasteiger partial charge in [-0.05, 0) is 193 Å². The molecule has 6 heterocycles. The number of carbonyl (C=O) groups excluding carboxylic acids is 8. The van der Waals surface area contributed by atoms with Crippen molar-refractivity contribution in [1.82, 2.24) is 52.6 Å². The molecule has 38 heteroatoms. The number of rotatable bonds is 25. The van der Waals surface area contributed by atoms with E-state index in [-0.39, 0.29) is 108 Å². The number of ether oxygens (including phenoxy) is 5. The highest BCUT2D eigenvalue weighted by atomic mass is 35.5. The Morgan fingerprint density at radius 1 is 0.675 bits per heavy atom. The Balaban J connectivity index is 0.918. The lowest BCUT2D eigenvalue weighted by Crippen LogP contribution is -2.60. The average molecular weight is 1760 g/mol. The molecule has 8 amide bonds. The SMILES string of the molecule is CCCCCCOc1ccc(S(=O)(=O)NCCNCc2c(O)cc3c4c2C(O)(O)c2ccc(cc2-4)C2NC(=O)C4NC(=O)C(CC(N)=O)NC(=O)C(NC(=O)C(CC(C)C)NC)C(O)c5ccc(c(Cl)c5)Oc5cc4cc(c5OC4OC(CN)C(O)C(O)C4O)Oc4ccc(cc4Cl)C(O)C(NC2=O)C(=O)NC3C(=O)NC2C3CC4CC(C3)CC2C4)cc1. The number of hydrogen-bond acceptors (Lipinski definition) is 26. The molecule has 6 aliphatic heterocycles. The van der Waals surface area contributed by atoms with Crippen molar-refractivity contribution in [3.63, 3.8) is 0 Å². The Hall–Kier alpha value is -9.87. The largest absolute Gasteiger partial charge is 0.508 e. The third-order valence-electron chi connectivity index (χ3n) is 24.3. The average Bonchev–Trinajstić information content (AvgIpc) is 1.55. The first kappa shape index (κ1) is 89.4. The molecule has 123 heavy (non-hydrogen) atoms. The van der Waals surface area contributed by atoms with Crippen molar-refractivity contribution in [2.45, 2.75) is 200 Å². The summed E-state index contributed by atoms with van der Waals surface area (Å²) in [5.74, 6) is -14.6. The molecule has 22 N–H and O–H groups in total. The van der Waals surface area contributed by atoms with Crippen LogP contribution in [0.5, 0.6) is 40.2 Å². The number of benzene rings is 6. The van der Waals surface area contributed by atoms with E-state index < -0.39 is 208 Å². The van der Waals surface area contributed by atoms with Crippen LogP contribution in [0.25, 0.3) is 11.1 Å². The van der Waals surface area contributed by atoms with Crippen LogP contribution >= 0.6 is 23.2 Å². The van der Waals surface area contributed by atoms with Crippen LogP contribution in [-0.2, 0) is 65.4 Å². The van der Waals surface area contributed by atoms with Gasteiger partial charge in [0.05, 0.1) is 34.0 Å². The summed E-state index contributed by atoms with van der Waals surface area (Å²) < 4.78 is 61.4. The first-order valence-corrected chi connectivity index (χ1v) is 43.4. The molecule has 17 rings (SSSR count). The van der Waals surface area contributed by atoms with Gasteiger partial charge in [-0.1, -0.05) is 87.5 Å². The molecule has 4 saturated carbocycles. The number of primary amides is 1. The minimum atomic E-state index is -4.13. The number of aliphatic hydroxyl groups excluding tert-OH is 5. The monoisotopic (exact) mass is 1760 g/mol. The lowest BCUT2D eigenvalue weighted by atomic mass is 9.54. The van der Waals surface area contributed by atoms with E-state index in [1.807, 2.05) is 13.8 Å². The van der Waals surface area contributed by atoms with Crippen LogP contribution in [0.1, 0.15) is 166 Å². The summed E-state index contributed by atoms with van der Waals surface area (Å²) in [6, 6.07) is 5.67. The normalized spacial score (nSPS) is 27.7. The number of phenols is 1. The molecular formula is C85H102Cl2N12O23S. The number of nitrogens with two attached hydrogens (primary N) is 2. The predicted molar refractivity (Wildman–Crippen MR) is 441 cm³/mol. The fourth-order valence-corrected chi connectivity index (χ4v) is 19.8. The highest BCUT2D eigenvalue weighted by Gasteiger charge is 2.53. The van der Waals surface area contributed by atoms with Crippen LogP contribution < -0.4 is 83.0 Å². The third-order valence-corrected chi connectivity index (χ3v) is 26.4. The molecule has 0 aromatic heterocycles. The summed E-state index contributed by atoms with van der Waals surface area (Å²) >= 11 is 14.3. The van der Waals surface area contributed by atoms with Gasteiger partial charge in [0.15, 0.2) is 11.5 Å². The van der Waals surface area contributed by atoms with E-state index in [1.54, 1.807) is 12.1 Å². The highest BCUT2D eigenvalue weighted by Crippen LogP contribution is 2.57. The van der Waals surface area contributed by atoms with Crippen LogP contribution in [0.15, 0.2) is 102 Å². The quantitative estimate of drug-likeness (QED) is 0.0289. The van der Waals surface area contributed by atoms with Gasteiger partial charge in [0, 0.05) is 48.9 Å². The number of aliphatic hydroxyl groups is 7. The van der Waals surface area contributed by atoms with Crippen molar-refractivity contribution in [2.24, 2.45) is 41.1 Å². The standard InChI is InChI=1S/C85H102Cl2N12O23S/c1-5-6-7-8-21-118-46-12-14-47(15-13-46)123(116,117)92-20-19-91-36-50-56(100)33-49-63-48-28-40(9-16-51(48)85(114,115)64(50)63)66-79(109)99-70(83(113)97-68(49)81(111)94-65-43-24-38-23-39(26-43)27-44(65)25-38)72(103)42-11-18-58(53(87)30-42)120-60-32-45-31-59(76(60)122-84-75(106)74(105)73(104)61(35-88)121-84)119-57-17-10-41(29-52(57)86)71(102)69(98-77(107)54(90-4)22-37(2)3)82(112)93-55(34-62(89)101)78(108)95-67(45)80(110)96-66/h9-18,28-33,37-39,43-44,54-55,61,65-75,84,90-92,100,102-106,114-115H,5-8,19-27,34-36,88H2,1-4H3,(H2,89,101)(H,93,112)(H,94,111)(H,95,108)(H,96,110)(H,97,113)(H,98,107)(H,99,109). The number of nitrogens with one attached hydrogen (secondary N) is 10. The van der Waals surface area contributed by atoms with E-state index in [1.165, 1.54) is 61.6 Å². The van der Waals surface area contributed by atoms with Crippen molar-refractivity contribution in [3.8, 4) is 51.4 Å². The molecule has 15 bridgehead atoms. The number of fused-ring (bicyclic) bond motifs is 12. The minimum Gasteiger partial charge on any atom is -0.508 e. The van der Waals surface area contributed by atoms with Crippen molar-refractivity contribution < 1.29 is 111 Å². The number of phenolic OH excluding ortho intramolecular Hbond substituents is 1. The zero-order valence-electron chi connectivity index (χ0n) is 67.6. The summed E-state index contributed by atoms with van der Waals surface area (Å²) in [6.45, 7) is 4.92. The fourth-order valence-electron chi connectivity index (χ4n) is 18.3. The molecule has 1 saturated heterocycles. The summed E-state index contributed by atoms with van der Waals surface area (Å²) in [5.41, 5.74) is 9.19. The van der Waals surface area contributed by atoms with Gasteiger partial charge in [0.1, 0.15) is 95.9 Å². The Kier molecular flexibility index (Phi) is 27.0. The first-order valence-electron chi connectivity index (χ1n) is 41.2. The van der Waals surface area contributed by atoms with Gasteiger partial charge >= 0.3 is 0 Å². The van der Waals surface area contributed by atoms with E-state index in [0.717, 1.165) is 88.1 Å². The van der Waals surface area contributed by atoms with Gasteiger partial charge in [-0.3, -0.25) is 38.4 Å². The minimum absolute atomic E-state index is 0.0268. The Morgan fingerprint density at radius 2 is 1.30 bits per heavy atom. The van der Waals surface area contributed by atoms with Crippen molar-refractivity contribution in [3.05, 3.63) is 152 Å². The van der Waals surface area contributed by atoms with Crippen molar-refractivity contribution in [2.75, 3.05) is 33.3 Å². The summed E-state index contributed by atoms with van der Waals surface area (Å²) in [7, 11) is -2.65. The maximum absolute atomic E-state index is 16.5. The number of amides is 8. The van der Waals surface area contributed by atoms with Crippen LogP contribution in [0, 0.1) is 29.6 Å². The molecule has 6 aromatic carbocycles. The topological polar surface area (TPSA) is 551 Å². The first-order chi connectivity index (χ1) is 58.6. The summed E-state index contributed by atoms with van der Waals surface area (Å²) in [4.78, 5) is 123. The lowest BCUT2D eigenvalue weighted by molar-refractivity contribution is -0.270. The number of unbranched alkanes of at least 4 members (excludes halogenated alkanes) is 3. The maximum Gasteiger partial charge on any atom is 0.248 e. The molecule has 11 aliphatic rings. The molecule has 14 unspecified atom stereocenters. The highest BCUT2D eigenvalue weighted by molar-refractivity contribution is 7.89. The maximum atomic E-state index is 16.5. The second-order valence-electron chi connectivity index (χ2n) is 33.3. The fraction of sp³-hybridized carbons (Fsp3) is 0.482. The van der Waals surface area contributed by atoms with E-state index in [4.69, 9.17) is 58.4 Å². The van der Waals surface area contributed by atoms with Crippen LogP contribution in [0.2, 0.25) is 10.0 Å². The number of sulfonamides is 1. The number of aromatic hydroxyl groups is 1. The van der Waals surface area contributed by atoms with Gasteiger partial charge in [0.2, 0.25) is 75.1 Å². The smallest absolute Gasteiger partial charge is 0.248 e. The van der Waals surface area contributed by atoms with E-state index >= 15 is 28.8 Å². The summed E-state index contributed by atoms with van der Waals surface area (Å²) in [5, 5.41) is 122. The van der Waals surface area contributed by atoms with Crippen molar-refractivity contribution >= 4 is 80.5 Å². The van der Waals surface area contributed by atoms with Gasteiger partial charge in [-0.2, -0.15) is 0 Å². The third kappa shape index (κ3) is 18.8. The second-order valence-corrected chi connectivity index (χ2v) is 35.9. The zero-order valence-corrected chi connectivity index (χ0v) is 69.9. The molecule has 0 radical (unpaired) electrons. The Labute approximate surface area is 717 Å². The van der Waals surface area contributed by atoms with Crippen LogP contribution in [-0.4, -0.2) is 191 Å². The van der Waals surface area contributed by atoms with Crippen molar-refractivity contribution in [1.29, 1.82) is 0 Å². The van der Waals surface area contributed by atoms with Crippen LogP contribution in [0.3, 0.4) is 0 Å². The van der Waals surface area contributed by atoms with Gasteiger partial charge in [-0.15, -0.1) is 0 Å². The Morgan fingerprint density at radius 3 is 1.92 bits per heavy atom. The number of hydrogen-bond donors (Lipinski definition) is 20. The number of likely N-dealkylation sites (N-methyl/N-ethyl adjacent to an activating group) is 1. The number of carbonyl (C=O) groups is 8. The van der Waals surface area contributed by atoms with Crippen LogP contribution in [0.4, 0.5) is 0 Å². The molecule has 5 fully saturated rings. The lowest BCUT2D eigenvalue weighted by Gasteiger charge is -2.54. The van der Waals surface area contributed by atoms with E-state index in [2.05, 4.69) is 59.5 Å². The van der Waals surface area contributed by atoms with Gasteiger partial charge < -0.3 is 124 Å². The van der Waals surface area contributed by atoms with Gasteiger partial charge in [-0.25, -0.2) is 13.1 Å². The Bertz CT molecular complexity index is 5150. The zero-order chi connectivity index (χ0) is 87.9. The van der Waals surface area contributed by atoms with E-state index in [9.17, 15) is 58.9 Å². The molecule has 660 valence electrons. The molecule has 6 aromatic rings. The molecule has 35 nitrogen and oxygen atoms in total. The number of halogens is 2. The summed E-state index contributed by atoms with van der Waals surface area (Å²) in [6.07, 6.45) is -6.23. The molecule has 5 aliphatic carbocycles. The van der Waals surface area contributed by atoms with Gasteiger partial charge in [0.25, 0.3) is 0 Å².